The third-order valence-corrected chi connectivity index (χ3v) is 6.60. The van der Waals surface area contributed by atoms with Crippen molar-refractivity contribution in [2.75, 3.05) is 0 Å². The Kier molecular flexibility index (Phi) is 8.70. The molecule has 2 unspecified atom stereocenters. The van der Waals surface area contributed by atoms with Gasteiger partial charge in [0.05, 0.1) is 11.6 Å². The van der Waals surface area contributed by atoms with E-state index in [0.29, 0.717) is 11.3 Å². The number of hydrogen-bond donors (Lipinski definition) is 2. The first-order chi connectivity index (χ1) is 19.1. The zero-order valence-electron chi connectivity index (χ0n) is 23.0. The lowest BCUT2D eigenvalue weighted by atomic mass is 9.94. The molecule has 2 atom stereocenters. The highest BCUT2D eigenvalue weighted by Gasteiger charge is 2.36. The second-order valence-corrected chi connectivity index (χ2v) is 10.9. The Morgan fingerprint density at radius 2 is 1.93 bits per heavy atom. The van der Waals surface area contributed by atoms with Crippen molar-refractivity contribution in [3.63, 3.8) is 0 Å². The number of hydrogen-bond acceptors (Lipinski definition) is 7. The maximum absolute atomic E-state index is 12.6. The Labute approximate surface area is 233 Å². The summed E-state index contributed by atoms with van der Waals surface area (Å²) in [5.74, 6) is -2.80. The van der Waals surface area contributed by atoms with Gasteiger partial charge in [0.1, 0.15) is 17.1 Å². The predicted molar refractivity (Wildman–Crippen MR) is 150 cm³/mol. The summed E-state index contributed by atoms with van der Waals surface area (Å²) in [5, 5.41) is 24.0. The highest BCUT2D eigenvalue weighted by Crippen LogP contribution is 2.26. The SMILES string of the molecule is CC(C)(C)OC(=O)C(C(=O)O)C(N)Cc1cn(CCCCc2cc(-c3cccc(C#N)c3)no2)c2ccccc12. The maximum atomic E-state index is 12.6. The Morgan fingerprint density at radius 1 is 1.15 bits per heavy atom. The maximum Gasteiger partial charge on any atom is 0.322 e. The van der Waals surface area contributed by atoms with Crippen molar-refractivity contribution in [1.82, 2.24) is 9.72 Å². The van der Waals surface area contributed by atoms with Crippen molar-refractivity contribution in [2.45, 2.75) is 64.6 Å². The number of nitriles is 1. The van der Waals surface area contributed by atoms with E-state index in [4.69, 9.17) is 20.3 Å². The van der Waals surface area contributed by atoms with E-state index >= 15 is 0 Å². The van der Waals surface area contributed by atoms with Crippen LogP contribution in [0, 0.1) is 17.2 Å². The minimum Gasteiger partial charge on any atom is -0.481 e. The van der Waals surface area contributed by atoms with Crippen LogP contribution >= 0.6 is 0 Å². The molecule has 2 aromatic carbocycles. The lowest BCUT2D eigenvalue weighted by Gasteiger charge is -2.25. The van der Waals surface area contributed by atoms with E-state index in [-0.39, 0.29) is 6.42 Å². The van der Waals surface area contributed by atoms with Gasteiger partial charge in [0.25, 0.3) is 0 Å². The van der Waals surface area contributed by atoms with Crippen molar-refractivity contribution < 1.29 is 24.0 Å². The van der Waals surface area contributed by atoms with Crippen LogP contribution in [0.5, 0.6) is 0 Å². The first kappa shape index (κ1) is 28.6. The molecular weight excluding hydrogens is 508 g/mol. The van der Waals surface area contributed by atoms with Crippen molar-refractivity contribution in [3.05, 3.63) is 77.7 Å². The lowest BCUT2D eigenvalue weighted by molar-refractivity contribution is -0.167. The largest absolute Gasteiger partial charge is 0.481 e. The van der Waals surface area contributed by atoms with Gasteiger partial charge in [0, 0.05) is 47.7 Å². The van der Waals surface area contributed by atoms with Crippen molar-refractivity contribution in [2.24, 2.45) is 11.7 Å². The summed E-state index contributed by atoms with van der Waals surface area (Å²) in [6, 6.07) is 18.2. The topological polar surface area (TPSA) is 144 Å². The van der Waals surface area contributed by atoms with E-state index in [2.05, 4.69) is 15.8 Å². The Bertz CT molecular complexity index is 1540. The van der Waals surface area contributed by atoms with Gasteiger partial charge < -0.3 is 24.7 Å². The van der Waals surface area contributed by atoms with Gasteiger partial charge in [0.2, 0.25) is 0 Å². The fraction of sp³-hybridized carbons (Fsp3) is 0.355. The van der Waals surface area contributed by atoms with Gasteiger partial charge in [-0.05, 0) is 63.8 Å². The molecule has 4 aromatic rings. The first-order valence-corrected chi connectivity index (χ1v) is 13.3. The number of carboxylic acids is 1. The molecule has 3 N–H and O–H groups in total. The number of carbonyl (C=O) groups excluding carboxylic acids is 1. The number of carbonyl (C=O) groups is 2. The van der Waals surface area contributed by atoms with E-state index in [1.54, 1.807) is 32.9 Å². The summed E-state index contributed by atoms with van der Waals surface area (Å²) in [6.07, 6.45) is 4.68. The van der Waals surface area contributed by atoms with Crippen LogP contribution in [0.1, 0.15) is 50.5 Å². The van der Waals surface area contributed by atoms with Gasteiger partial charge in [-0.15, -0.1) is 0 Å². The minimum atomic E-state index is -1.46. The second-order valence-electron chi connectivity index (χ2n) is 10.9. The zero-order chi connectivity index (χ0) is 28.9. The van der Waals surface area contributed by atoms with Crippen LogP contribution in [0.25, 0.3) is 22.2 Å². The summed E-state index contributed by atoms with van der Waals surface area (Å²) >= 11 is 0. The molecule has 0 saturated carbocycles. The van der Waals surface area contributed by atoms with Crippen molar-refractivity contribution in [3.8, 4) is 17.3 Å². The van der Waals surface area contributed by atoms with E-state index in [1.165, 1.54) is 0 Å². The quantitative estimate of drug-likeness (QED) is 0.151. The number of aryl methyl sites for hydroxylation is 2. The molecule has 0 radical (unpaired) electrons. The molecule has 0 amide bonds. The standard InChI is InChI=1S/C31H34N4O5/c1-31(2,3)39-30(38)28(29(36)37)25(33)16-22-19-35(27-13-5-4-12-24(22)27)14-7-6-11-23-17-26(34-40-23)21-10-8-9-20(15-21)18-32/h4-5,8-10,12-13,15,17,19,25,28H,6-7,11,14,16,33H2,1-3H3,(H,36,37). The highest BCUT2D eigenvalue weighted by molar-refractivity contribution is 5.95. The van der Waals surface area contributed by atoms with Crippen molar-refractivity contribution >= 4 is 22.8 Å². The minimum absolute atomic E-state index is 0.220. The molecule has 40 heavy (non-hydrogen) atoms. The fourth-order valence-electron chi connectivity index (χ4n) is 4.76. The number of para-hydroxylation sites is 1. The third-order valence-electron chi connectivity index (χ3n) is 6.60. The van der Waals surface area contributed by atoms with Crippen LogP contribution in [0.15, 0.2) is 65.3 Å². The summed E-state index contributed by atoms with van der Waals surface area (Å²) in [6.45, 7) is 5.83. The van der Waals surface area contributed by atoms with E-state index in [9.17, 15) is 14.7 Å². The summed E-state index contributed by atoms with van der Waals surface area (Å²) in [5.41, 5.74) is 9.51. The number of aliphatic carboxylic acids is 1. The summed E-state index contributed by atoms with van der Waals surface area (Å²) < 4.78 is 13.0. The van der Waals surface area contributed by atoms with Crippen LogP contribution in [-0.2, 0) is 33.7 Å². The van der Waals surface area contributed by atoms with Gasteiger partial charge in [-0.1, -0.05) is 35.5 Å². The molecular formula is C31H34N4O5. The number of benzene rings is 2. The van der Waals surface area contributed by atoms with Crippen LogP contribution in [0.2, 0.25) is 0 Å². The van der Waals surface area contributed by atoms with E-state index in [0.717, 1.165) is 53.6 Å². The predicted octanol–water partition coefficient (Wildman–Crippen LogP) is 5.10. The van der Waals surface area contributed by atoms with Crippen molar-refractivity contribution in [1.29, 1.82) is 5.26 Å². The molecule has 9 heteroatoms. The average molecular weight is 543 g/mol. The monoisotopic (exact) mass is 542 g/mol. The molecule has 0 fully saturated rings. The number of fused-ring (bicyclic) bond motifs is 1. The van der Waals surface area contributed by atoms with Gasteiger partial charge >= 0.3 is 11.9 Å². The second kappa shape index (κ2) is 12.2. The first-order valence-electron chi connectivity index (χ1n) is 13.3. The number of nitrogens with two attached hydrogens (primary N) is 1. The molecule has 0 spiro atoms. The number of nitrogens with zero attached hydrogens (tertiary/aromatic N) is 3. The summed E-state index contributed by atoms with van der Waals surface area (Å²) in [4.78, 5) is 24.5. The van der Waals surface area contributed by atoms with E-state index < -0.39 is 29.5 Å². The number of rotatable bonds is 11. The molecule has 9 nitrogen and oxygen atoms in total. The van der Waals surface area contributed by atoms with Crippen LogP contribution in [-0.4, -0.2) is 38.4 Å². The number of unbranched alkanes of at least 4 members (excludes halogenated alkanes) is 1. The van der Waals surface area contributed by atoms with E-state index in [1.807, 2.05) is 48.7 Å². The Hall–Kier alpha value is -4.42. The molecule has 4 rings (SSSR count). The van der Waals surface area contributed by atoms with Gasteiger partial charge in [-0.25, -0.2) is 0 Å². The number of aromatic nitrogens is 2. The Balaban J connectivity index is 1.40. The van der Waals surface area contributed by atoms with Crippen LogP contribution < -0.4 is 5.73 Å². The third kappa shape index (κ3) is 6.96. The number of esters is 1. The average Bonchev–Trinajstić information content (AvgIpc) is 3.50. The lowest BCUT2D eigenvalue weighted by Crippen LogP contribution is -2.45. The molecule has 0 bridgehead atoms. The molecule has 208 valence electrons. The Morgan fingerprint density at radius 3 is 2.65 bits per heavy atom. The van der Waals surface area contributed by atoms with Crippen LogP contribution in [0.4, 0.5) is 0 Å². The smallest absolute Gasteiger partial charge is 0.322 e. The molecule has 0 saturated heterocycles. The molecule has 0 aliphatic heterocycles. The number of carboxylic acid groups (broad SMARTS) is 1. The summed E-state index contributed by atoms with van der Waals surface area (Å²) in [7, 11) is 0. The molecule has 0 aliphatic rings. The fourth-order valence-corrected chi connectivity index (χ4v) is 4.76. The molecule has 2 aromatic heterocycles. The normalized spacial score (nSPS) is 13.1. The highest BCUT2D eigenvalue weighted by atomic mass is 16.6. The van der Waals surface area contributed by atoms with Gasteiger partial charge in [0.15, 0.2) is 5.92 Å². The number of ether oxygens (including phenoxy) is 1. The van der Waals surface area contributed by atoms with Crippen LogP contribution in [0.3, 0.4) is 0 Å². The zero-order valence-corrected chi connectivity index (χ0v) is 23.0. The molecule has 2 heterocycles. The van der Waals surface area contributed by atoms with Gasteiger partial charge in [-0.3, -0.25) is 9.59 Å². The van der Waals surface area contributed by atoms with Gasteiger partial charge in [-0.2, -0.15) is 5.26 Å². The molecule has 0 aliphatic carbocycles.